The van der Waals surface area contributed by atoms with E-state index in [1.807, 2.05) is 78.9 Å². The second-order valence-corrected chi connectivity index (χ2v) is 5.83. The minimum absolute atomic E-state index is 0.545. The van der Waals surface area contributed by atoms with Gasteiger partial charge >= 0.3 is 0 Å². The summed E-state index contributed by atoms with van der Waals surface area (Å²) in [6.07, 6.45) is 0.979. The van der Waals surface area contributed by atoms with Crippen molar-refractivity contribution < 1.29 is 14.3 Å². The van der Waals surface area contributed by atoms with Gasteiger partial charge in [-0.2, -0.15) is 0 Å². The molecule has 0 aliphatic heterocycles. The number of benzene rings is 3. The zero-order valence-corrected chi connectivity index (χ0v) is 14.9. The minimum atomic E-state index is 0.545. The molecule has 0 aromatic heterocycles. The van der Waals surface area contributed by atoms with E-state index in [9.17, 15) is 0 Å². The Morgan fingerprint density at radius 2 is 1.50 bits per heavy atom. The first-order valence-corrected chi connectivity index (χ1v) is 8.76. The SMILES string of the molecule is CCCOc1cccc(NOc2ccc(OCc3ccccc3)cc2)c1. The van der Waals surface area contributed by atoms with Crippen molar-refractivity contribution in [3.8, 4) is 17.2 Å². The van der Waals surface area contributed by atoms with E-state index >= 15 is 0 Å². The molecule has 26 heavy (non-hydrogen) atoms. The number of hydrogen-bond acceptors (Lipinski definition) is 4. The molecule has 0 aliphatic carbocycles. The summed E-state index contributed by atoms with van der Waals surface area (Å²) >= 11 is 0. The van der Waals surface area contributed by atoms with E-state index in [1.54, 1.807) is 0 Å². The second-order valence-electron chi connectivity index (χ2n) is 5.83. The van der Waals surface area contributed by atoms with Crippen LogP contribution in [-0.2, 0) is 6.61 Å². The lowest BCUT2D eigenvalue weighted by Crippen LogP contribution is -2.05. The summed E-state index contributed by atoms with van der Waals surface area (Å²) in [7, 11) is 0. The van der Waals surface area contributed by atoms with E-state index in [2.05, 4.69) is 12.4 Å². The van der Waals surface area contributed by atoms with Crippen molar-refractivity contribution in [2.45, 2.75) is 20.0 Å². The third-order valence-corrected chi connectivity index (χ3v) is 3.67. The Labute approximate surface area is 154 Å². The summed E-state index contributed by atoms with van der Waals surface area (Å²) in [6, 6.07) is 25.3. The maximum atomic E-state index is 5.77. The third kappa shape index (κ3) is 5.45. The highest BCUT2D eigenvalue weighted by Gasteiger charge is 2.00. The Balaban J connectivity index is 1.50. The van der Waals surface area contributed by atoms with Gasteiger partial charge in [0, 0.05) is 6.07 Å². The zero-order valence-electron chi connectivity index (χ0n) is 14.9. The summed E-state index contributed by atoms with van der Waals surface area (Å²) < 4.78 is 11.4. The largest absolute Gasteiger partial charge is 0.494 e. The van der Waals surface area contributed by atoms with E-state index in [4.69, 9.17) is 14.3 Å². The molecule has 0 unspecified atom stereocenters. The maximum absolute atomic E-state index is 5.77. The zero-order chi connectivity index (χ0) is 18.0. The number of ether oxygens (including phenoxy) is 2. The van der Waals surface area contributed by atoms with Gasteiger partial charge in [0.1, 0.15) is 18.1 Å². The molecule has 0 bridgehead atoms. The summed E-state index contributed by atoms with van der Waals surface area (Å²) in [5, 5.41) is 0. The summed E-state index contributed by atoms with van der Waals surface area (Å²) in [5.41, 5.74) is 4.91. The Hall–Kier alpha value is -3.14. The average Bonchev–Trinajstić information content (AvgIpc) is 2.71. The van der Waals surface area contributed by atoms with E-state index in [1.165, 1.54) is 0 Å². The van der Waals surface area contributed by atoms with Gasteiger partial charge < -0.3 is 14.3 Å². The van der Waals surface area contributed by atoms with Crippen molar-refractivity contribution in [1.29, 1.82) is 0 Å². The topological polar surface area (TPSA) is 39.7 Å². The highest BCUT2D eigenvalue weighted by atomic mass is 16.6. The van der Waals surface area contributed by atoms with Crippen molar-refractivity contribution >= 4 is 5.69 Å². The quantitative estimate of drug-likeness (QED) is 0.521. The number of hydrogen-bond donors (Lipinski definition) is 1. The average molecular weight is 349 g/mol. The predicted octanol–water partition coefficient (Wildman–Crippen LogP) is 5.46. The van der Waals surface area contributed by atoms with Crippen LogP contribution in [0.4, 0.5) is 5.69 Å². The lowest BCUT2D eigenvalue weighted by molar-refractivity contribution is 0.305. The lowest BCUT2D eigenvalue weighted by Gasteiger charge is -2.11. The molecule has 0 saturated carbocycles. The molecule has 0 fully saturated rings. The smallest absolute Gasteiger partial charge is 0.155 e. The van der Waals surface area contributed by atoms with Gasteiger partial charge in [0.25, 0.3) is 0 Å². The van der Waals surface area contributed by atoms with Crippen LogP contribution in [-0.4, -0.2) is 6.61 Å². The number of rotatable bonds is 9. The molecule has 1 N–H and O–H groups in total. The monoisotopic (exact) mass is 349 g/mol. The summed E-state index contributed by atoms with van der Waals surface area (Å²) in [6.45, 7) is 3.33. The van der Waals surface area contributed by atoms with Gasteiger partial charge in [0.2, 0.25) is 0 Å². The fourth-order valence-electron chi connectivity index (χ4n) is 2.33. The molecule has 3 aromatic carbocycles. The van der Waals surface area contributed by atoms with Crippen molar-refractivity contribution in [1.82, 2.24) is 0 Å². The highest BCUT2D eigenvalue weighted by Crippen LogP contribution is 2.21. The molecule has 0 aliphatic rings. The minimum Gasteiger partial charge on any atom is -0.494 e. The van der Waals surface area contributed by atoms with Crippen molar-refractivity contribution in [3.63, 3.8) is 0 Å². The fourth-order valence-corrected chi connectivity index (χ4v) is 2.33. The van der Waals surface area contributed by atoms with Crippen molar-refractivity contribution in [2.24, 2.45) is 0 Å². The van der Waals surface area contributed by atoms with Crippen molar-refractivity contribution in [2.75, 3.05) is 12.1 Å². The highest BCUT2D eigenvalue weighted by molar-refractivity contribution is 5.47. The van der Waals surface area contributed by atoms with E-state index in [0.717, 1.165) is 29.2 Å². The van der Waals surface area contributed by atoms with Crippen LogP contribution in [0.2, 0.25) is 0 Å². The van der Waals surface area contributed by atoms with Crippen LogP contribution in [0.1, 0.15) is 18.9 Å². The number of anilines is 1. The first-order valence-electron chi connectivity index (χ1n) is 8.76. The van der Waals surface area contributed by atoms with Crippen LogP contribution >= 0.6 is 0 Å². The molecule has 0 heterocycles. The van der Waals surface area contributed by atoms with Gasteiger partial charge in [-0.3, -0.25) is 0 Å². The maximum Gasteiger partial charge on any atom is 0.155 e. The van der Waals surface area contributed by atoms with Crippen LogP contribution in [0.15, 0.2) is 78.9 Å². The molecule has 4 heteroatoms. The van der Waals surface area contributed by atoms with Gasteiger partial charge in [-0.05, 0) is 48.4 Å². The van der Waals surface area contributed by atoms with Gasteiger partial charge in [0.05, 0.1) is 12.3 Å². The molecule has 3 aromatic rings. The van der Waals surface area contributed by atoms with Gasteiger partial charge in [0.15, 0.2) is 5.75 Å². The normalized spacial score (nSPS) is 10.2. The summed E-state index contributed by atoms with van der Waals surface area (Å²) in [4.78, 5) is 5.61. The Morgan fingerprint density at radius 3 is 2.27 bits per heavy atom. The Morgan fingerprint density at radius 1 is 0.731 bits per heavy atom. The lowest BCUT2D eigenvalue weighted by atomic mass is 10.2. The molecule has 0 atom stereocenters. The van der Waals surface area contributed by atoms with Crippen LogP contribution in [0.3, 0.4) is 0 Å². The molecule has 3 rings (SSSR count). The van der Waals surface area contributed by atoms with Gasteiger partial charge in [-0.1, -0.05) is 43.3 Å². The first-order chi connectivity index (χ1) is 12.8. The molecule has 0 saturated heterocycles. The van der Waals surface area contributed by atoms with E-state index in [0.29, 0.717) is 19.0 Å². The Bertz CT molecular complexity index is 788. The molecular formula is C22H23NO3. The van der Waals surface area contributed by atoms with Crippen LogP contribution < -0.4 is 19.8 Å². The third-order valence-electron chi connectivity index (χ3n) is 3.67. The second kappa shape index (κ2) is 9.37. The van der Waals surface area contributed by atoms with Gasteiger partial charge in [-0.15, -0.1) is 0 Å². The van der Waals surface area contributed by atoms with Crippen LogP contribution in [0, 0.1) is 0 Å². The van der Waals surface area contributed by atoms with Gasteiger partial charge in [-0.25, -0.2) is 5.48 Å². The standard InChI is InChI=1S/C22H23NO3/c1-2-15-24-22-10-6-9-19(16-22)23-26-21-13-11-20(12-14-21)25-17-18-7-4-3-5-8-18/h3-14,16,23H,2,15,17H2,1H3. The van der Waals surface area contributed by atoms with E-state index < -0.39 is 0 Å². The molecular weight excluding hydrogens is 326 g/mol. The van der Waals surface area contributed by atoms with E-state index in [-0.39, 0.29) is 0 Å². The number of nitrogens with one attached hydrogen (secondary N) is 1. The fraction of sp³-hybridized carbons (Fsp3) is 0.182. The molecule has 0 radical (unpaired) electrons. The molecule has 0 spiro atoms. The van der Waals surface area contributed by atoms with Crippen LogP contribution in [0.25, 0.3) is 0 Å². The predicted molar refractivity (Wildman–Crippen MR) is 104 cm³/mol. The summed E-state index contributed by atoms with van der Waals surface area (Å²) in [5.74, 6) is 2.33. The van der Waals surface area contributed by atoms with Crippen LogP contribution in [0.5, 0.6) is 17.2 Å². The molecule has 4 nitrogen and oxygen atoms in total. The molecule has 134 valence electrons. The Kier molecular flexibility index (Phi) is 6.37. The first kappa shape index (κ1) is 17.7. The van der Waals surface area contributed by atoms with Crippen molar-refractivity contribution in [3.05, 3.63) is 84.4 Å². The molecule has 0 amide bonds.